The Morgan fingerprint density at radius 3 is 3.06 bits per heavy atom. The molecular formula is C10H18N4O2. The molecule has 0 bridgehead atoms. The maximum absolute atomic E-state index is 10.3. The predicted molar refractivity (Wildman–Crippen MR) is 59.0 cm³/mol. The van der Waals surface area contributed by atoms with Gasteiger partial charge in [-0.2, -0.15) is 0 Å². The number of carboxylic acid groups (broad SMARTS) is 1. The van der Waals surface area contributed by atoms with Crippen molar-refractivity contribution in [2.45, 2.75) is 38.8 Å². The van der Waals surface area contributed by atoms with Crippen LogP contribution in [0.25, 0.3) is 0 Å². The average Bonchev–Trinajstić information content (AvgIpc) is 2.74. The van der Waals surface area contributed by atoms with E-state index in [1.54, 1.807) is 10.9 Å². The van der Waals surface area contributed by atoms with E-state index < -0.39 is 5.97 Å². The summed E-state index contributed by atoms with van der Waals surface area (Å²) in [7, 11) is 0. The summed E-state index contributed by atoms with van der Waals surface area (Å²) in [5, 5.41) is 19.4. The van der Waals surface area contributed by atoms with Gasteiger partial charge >= 0.3 is 5.97 Å². The molecule has 0 saturated carbocycles. The quantitative estimate of drug-likeness (QED) is 0.631. The first-order valence-electron chi connectivity index (χ1n) is 5.48. The lowest BCUT2D eigenvalue weighted by atomic mass is 10.2. The highest BCUT2D eigenvalue weighted by Crippen LogP contribution is 1.96. The summed E-state index contributed by atoms with van der Waals surface area (Å²) in [4.78, 5) is 10.3. The second kappa shape index (κ2) is 6.95. The van der Waals surface area contributed by atoms with Crippen LogP contribution in [0.4, 0.5) is 0 Å². The number of carbonyl (C=O) groups is 1. The van der Waals surface area contributed by atoms with Gasteiger partial charge in [-0.1, -0.05) is 5.21 Å². The van der Waals surface area contributed by atoms with Gasteiger partial charge in [0.1, 0.15) is 0 Å². The highest BCUT2D eigenvalue weighted by atomic mass is 16.4. The van der Waals surface area contributed by atoms with Crippen LogP contribution in [0.2, 0.25) is 0 Å². The molecule has 1 unspecified atom stereocenters. The molecule has 1 aromatic rings. The number of carboxylic acids is 1. The molecule has 0 saturated heterocycles. The van der Waals surface area contributed by atoms with E-state index in [0.29, 0.717) is 6.42 Å². The number of aromatic nitrogens is 3. The van der Waals surface area contributed by atoms with E-state index in [-0.39, 0.29) is 12.5 Å². The molecule has 0 aromatic carbocycles. The largest absolute Gasteiger partial charge is 0.481 e. The Morgan fingerprint density at radius 1 is 1.62 bits per heavy atom. The van der Waals surface area contributed by atoms with E-state index in [0.717, 1.165) is 19.5 Å². The predicted octanol–water partition coefficient (Wildman–Crippen LogP) is 0.511. The molecule has 0 fully saturated rings. The van der Waals surface area contributed by atoms with Crippen LogP contribution in [0.1, 0.15) is 26.2 Å². The summed E-state index contributed by atoms with van der Waals surface area (Å²) in [6.07, 6.45) is 5.33. The van der Waals surface area contributed by atoms with E-state index in [1.165, 1.54) is 0 Å². The topological polar surface area (TPSA) is 80.0 Å². The van der Waals surface area contributed by atoms with Crippen LogP contribution in [-0.2, 0) is 11.3 Å². The number of rotatable bonds is 8. The molecule has 6 heteroatoms. The van der Waals surface area contributed by atoms with Crippen molar-refractivity contribution in [3.63, 3.8) is 0 Å². The minimum absolute atomic E-state index is 0.219. The maximum atomic E-state index is 10.3. The fraction of sp³-hybridized carbons (Fsp3) is 0.700. The molecule has 6 nitrogen and oxygen atoms in total. The molecule has 1 rings (SSSR count). The summed E-state index contributed by atoms with van der Waals surface area (Å²) in [6.45, 7) is 3.69. The molecule has 2 N–H and O–H groups in total. The van der Waals surface area contributed by atoms with Crippen LogP contribution < -0.4 is 5.32 Å². The zero-order valence-corrected chi connectivity index (χ0v) is 9.46. The fourth-order valence-corrected chi connectivity index (χ4v) is 1.38. The first-order valence-corrected chi connectivity index (χ1v) is 5.48. The van der Waals surface area contributed by atoms with Crippen LogP contribution >= 0.6 is 0 Å². The summed E-state index contributed by atoms with van der Waals surface area (Å²) in [6, 6.07) is 0.242. The van der Waals surface area contributed by atoms with E-state index in [9.17, 15) is 4.79 Å². The van der Waals surface area contributed by atoms with Crippen LogP contribution in [-0.4, -0.2) is 38.7 Å². The van der Waals surface area contributed by atoms with Gasteiger partial charge in [0.05, 0.1) is 6.20 Å². The average molecular weight is 226 g/mol. The second-order valence-electron chi connectivity index (χ2n) is 3.81. The summed E-state index contributed by atoms with van der Waals surface area (Å²) in [5.74, 6) is -0.740. The third-order valence-electron chi connectivity index (χ3n) is 2.32. The van der Waals surface area contributed by atoms with Crippen LogP contribution in [0.3, 0.4) is 0 Å². The Kier molecular flexibility index (Phi) is 5.49. The van der Waals surface area contributed by atoms with Gasteiger partial charge in [-0.05, 0) is 26.3 Å². The van der Waals surface area contributed by atoms with Gasteiger partial charge in [0.25, 0.3) is 0 Å². The SMILES string of the molecule is CC(CCC(=O)O)NCCCn1ccnn1. The van der Waals surface area contributed by atoms with Gasteiger partial charge in [0, 0.05) is 25.2 Å². The Bertz CT molecular complexity index is 300. The van der Waals surface area contributed by atoms with Crippen LogP contribution in [0.15, 0.2) is 12.4 Å². The lowest BCUT2D eigenvalue weighted by molar-refractivity contribution is -0.137. The number of hydrogen-bond donors (Lipinski definition) is 2. The first-order chi connectivity index (χ1) is 7.68. The molecule has 0 aliphatic rings. The normalized spacial score (nSPS) is 12.6. The lowest BCUT2D eigenvalue weighted by Gasteiger charge is -2.12. The van der Waals surface area contributed by atoms with Crippen molar-refractivity contribution in [2.75, 3.05) is 6.54 Å². The van der Waals surface area contributed by atoms with Crippen LogP contribution in [0.5, 0.6) is 0 Å². The zero-order chi connectivity index (χ0) is 11.8. The van der Waals surface area contributed by atoms with Crippen molar-refractivity contribution in [1.29, 1.82) is 0 Å². The Morgan fingerprint density at radius 2 is 2.44 bits per heavy atom. The maximum Gasteiger partial charge on any atom is 0.303 e. The van der Waals surface area contributed by atoms with Gasteiger partial charge in [-0.15, -0.1) is 5.10 Å². The van der Waals surface area contributed by atoms with E-state index in [1.807, 2.05) is 13.1 Å². The van der Waals surface area contributed by atoms with E-state index in [4.69, 9.17) is 5.11 Å². The number of hydrogen-bond acceptors (Lipinski definition) is 4. The molecule has 0 spiro atoms. The highest BCUT2D eigenvalue weighted by Gasteiger charge is 2.04. The summed E-state index contributed by atoms with van der Waals surface area (Å²) >= 11 is 0. The van der Waals surface area contributed by atoms with Crippen molar-refractivity contribution in [2.24, 2.45) is 0 Å². The minimum Gasteiger partial charge on any atom is -0.481 e. The third kappa shape index (κ3) is 5.45. The lowest BCUT2D eigenvalue weighted by Crippen LogP contribution is -2.28. The monoisotopic (exact) mass is 226 g/mol. The van der Waals surface area contributed by atoms with Gasteiger partial charge < -0.3 is 10.4 Å². The first kappa shape index (κ1) is 12.6. The number of nitrogens with one attached hydrogen (secondary N) is 1. The zero-order valence-electron chi connectivity index (χ0n) is 9.46. The van der Waals surface area contributed by atoms with E-state index >= 15 is 0 Å². The van der Waals surface area contributed by atoms with Crippen molar-refractivity contribution >= 4 is 5.97 Å². The van der Waals surface area contributed by atoms with Gasteiger partial charge in [0.15, 0.2) is 0 Å². The molecule has 90 valence electrons. The second-order valence-corrected chi connectivity index (χ2v) is 3.81. The van der Waals surface area contributed by atoms with Gasteiger partial charge in [-0.25, -0.2) is 0 Å². The third-order valence-corrected chi connectivity index (χ3v) is 2.32. The van der Waals surface area contributed by atoms with Crippen molar-refractivity contribution < 1.29 is 9.90 Å². The van der Waals surface area contributed by atoms with Gasteiger partial charge in [-0.3, -0.25) is 9.48 Å². The van der Waals surface area contributed by atoms with E-state index in [2.05, 4.69) is 15.6 Å². The van der Waals surface area contributed by atoms with Gasteiger partial charge in [0.2, 0.25) is 0 Å². The smallest absolute Gasteiger partial charge is 0.303 e. The molecule has 0 aliphatic heterocycles. The Balaban J connectivity index is 2.00. The standard InChI is InChI=1S/C10H18N4O2/c1-9(3-4-10(15)16)11-5-2-7-14-8-6-12-13-14/h6,8-9,11H,2-5,7H2,1H3,(H,15,16). The highest BCUT2D eigenvalue weighted by molar-refractivity contribution is 5.66. The minimum atomic E-state index is -0.740. The summed E-state index contributed by atoms with van der Waals surface area (Å²) in [5.41, 5.74) is 0. The molecule has 16 heavy (non-hydrogen) atoms. The van der Waals surface area contributed by atoms with Crippen molar-refractivity contribution in [1.82, 2.24) is 20.3 Å². The molecule has 0 aliphatic carbocycles. The Hall–Kier alpha value is -1.43. The molecule has 1 heterocycles. The van der Waals surface area contributed by atoms with Crippen molar-refractivity contribution in [3.05, 3.63) is 12.4 Å². The fourth-order valence-electron chi connectivity index (χ4n) is 1.38. The number of aryl methyl sites for hydroxylation is 1. The molecule has 1 atom stereocenters. The Labute approximate surface area is 94.7 Å². The van der Waals surface area contributed by atoms with Crippen molar-refractivity contribution in [3.8, 4) is 0 Å². The molecule has 1 aromatic heterocycles. The summed E-state index contributed by atoms with van der Waals surface area (Å²) < 4.78 is 1.78. The molecule has 0 amide bonds. The van der Waals surface area contributed by atoms with Crippen LogP contribution in [0, 0.1) is 0 Å². The molecule has 0 radical (unpaired) electrons. The number of nitrogens with zero attached hydrogens (tertiary/aromatic N) is 3. The number of aliphatic carboxylic acids is 1. The molecular weight excluding hydrogens is 208 g/mol.